The van der Waals surface area contributed by atoms with Crippen molar-refractivity contribution in [2.45, 2.75) is 17.7 Å². The van der Waals surface area contributed by atoms with Crippen molar-refractivity contribution >= 4 is 39.5 Å². The Balaban J connectivity index is 1.49. The van der Waals surface area contributed by atoms with E-state index < -0.39 is 10.0 Å². The number of aromatic nitrogens is 1. The summed E-state index contributed by atoms with van der Waals surface area (Å²) >= 11 is 0. The number of hydrogen-bond acceptors (Lipinski definition) is 4. The molecule has 1 saturated heterocycles. The van der Waals surface area contributed by atoms with E-state index in [0.29, 0.717) is 18.7 Å². The van der Waals surface area contributed by atoms with Crippen LogP contribution in [0.25, 0.3) is 12.2 Å². The first-order valence-electron chi connectivity index (χ1n) is 9.64. The normalized spacial score (nSPS) is 14.4. The number of hydrogen-bond donors (Lipinski definition) is 1. The maximum atomic E-state index is 12.8. The van der Waals surface area contributed by atoms with Gasteiger partial charge in [0.05, 0.1) is 10.6 Å². The van der Waals surface area contributed by atoms with Gasteiger partial charge in [0.2, 0.25) is 5.91 Å². The largest absolute Gasteiger partial charge is 0.312 e. The highest BCUT2D eigenvalue weighted by molar-refractivity contribution is 7.92. The van der Waals surface area contributed by atoms with Crippen LogP contribution in [0.2, 0.25) is 0 Å². The number of carbonyl (C=O) groups is 1. The van der Waals surface area contributed by atoms with Gasteiger partial charge in [0.1, 0.15) is 0 Å². The first-order chi connectivity index (χ1) is 14.5. The lowest BCUT2D eigenvalue weighted by Crippen LogP contribution is -2.23. The molecule has 1 fully saturated rings. The van der Waals surface area contributed by atoms with Crippen molar-refractivity contribution in [2.24, 2.45) is 0 Å². The van der Waals surface area contributed by atoms with E-state index in [1.807, 2.05) is 36.4 Å². The third kappa shape index (κ3) is 4.58. The lowest BCUT2D eigenvalue weighted by atomic mass is 10.2. The Morgan fingerprint density at radius 2 is 1.80 bits per heavy atom. The summed E-state index contributed by atoms with van der Waals surface area (Å²) in [6.07, 6.45) is 6.82. The molecule has 1 aliphatic heterocycles. The number of amides is 1. The molecule has 6 nitrogen and oxygen atoms in total. The van der Waals surface area contributed by atoms with Gasteiger partial charge in [0.25, 0.3) is 10.0 Å². The highest BCUT2D eigenvalue weighted by atomic mass is 32.2. The van der Waals surface area contributed by atoms with E-state index >= 15 is 0 Å². The molecule has 4 rings (SSSR count). The van der Waals surface area contributed by atoms with Gasteiger partial charge in [0, 0.05) is 30.5 Å². The van der Waals surface area contributed by atoms with Crippen LogP contribution >= 0.6 is 0 Å². The van der Waals surface area contributed by atoms with Gasteiger partial charge < -0.3 is 4.90 Å². The number of benzene rings is 2. The van der Waals surface area contributed by atoms with Gasteiger partial charge in [-0.25, -0.2) is 8.42 Å². The smallest absolute Gasteiger partial charge is 0.261 e. The minimum atomic E-state index is -3.74. The average molecular weight is 420 g/mol. The molecule has 0 atom stereocenters. The third-order valence-electron chi connectivity index (χ3n) is 4.81. The van der Waals surface area contributed by atoms with E-state index in [0.717, 1.165) is 23.4 Å². The average Bonchev–Trinajstić information content (AvgIpc) is 3.19. The monoisotopic (exact) mass is 419 g/mol. The van der Waals surface area contributed by atoms with E-state index in [9.17, 15) is 13.2 Å². The Morgan fingerprint density at radius 3 is 2.50 bits per heavy atom. The molecule has 0 saturated carbocycles. The van der Waals surface area contributed by atoms with E-state index in [-0.39, 0.29) is 10.8 Å². The number of nitrogens with one attached hydrogen (secondary N) is 1. The number of sulfonamides is 1. The van der Waals surface area contributed by atoms with Crippen molar-refractivity contribution in [1.29, 1.82) is 0 Å². The molecule has 152 valence electrons. The molecule has 0 unspecified atom stereocenters. The lowest BCUT2D eigenvalue weighted by molar-refractivity contribution is -0.117. The van der Waals surface area contributed by atoms with Crippen molar-refractivity contribution in [1.82, 2.24) is 4.98 Å². The van der Waals surface area contributed by atoms with Gasteiger partial charge in [-0.15, -0.1) is 0 Å². The summed E-state index contributed by atoms with van der Waals surface area (Å²) in [4.78, 5) is 17.9. The second kappa shape index (κ2) is 8.51. The maximum Gasteiger partial charge on any atom is 0.261 e. The summed E-state index contributed by atoms with van der Waals surface area (Å²) in [5, 5.41) is 0. The molecule has 7 heteroatoms. The van der Waals surface area contributed by atoms with Gasteiger partial charge in [-0.3, -0.25) is 14.5 Å². The van der Waals surface area contributed by atoms with Gasteiger partial charge in [-0.1, -0.05) is 24.3 Å². The highest BCUT2D eigenvalue weighted by Crippen LogP contribution is 2.24. The zero-order valence-electron chi connectivity index (χ0n) is 16.2. The molecule has 0 aliphatic carbocycles. The summed E-state index contributed by atoms with van der Waals surface area (Å²) < 4.78 is 28.2. The molecule has 0 bridgehead atoms. The van der Waals surface area contributed by atoms with Crippen molar-refractivity contribution in [3.63, 3.8) is 0 Å². The fourth-order valence-electron chi connectivity index (χ4n) is 3.30. The first-order valence-corrected chi connectivity index (χ1v) is 11.1. The van der Waals surface area contributed by atoms with Gasteiger partial charge in [-0.05, 0) is 66.6 Å². The van der Waals surface area contributed by atoms with Crippen molar-refractivity contribution in [3.8, 4) is 0 Å². The molecule has 1 N–H and O–H groups in total. The zero-order chi connectivity index (χ0) is 21.0. The molecule has 30 heavy (non-hydrogen) atoms. The Labute approximate surface area is 175 Å². The van der Waals surface area contributed by atoms with Crippen LogP contribution in [-0.2, 0) is 14.8 Å². The summed E-state index contributed by atoms with van der Waals surface area (Å²) in [6, 6.07) is 19.2. The van der Waals surface area contributed by atoms with Crippen molar-refractivity contribution < 1.29 is 13.2 Å². The van der Waals surface area contributed by atoms with Crippen LogP contribution in [0.15, 0.2) is 77.8 Å². The Hall–Kier alpha value is -3.45. The second-order valence-corrected chi connectivity index (χ2v) is 8.64. The summed E-state index contributed by atoms with van der Waals surface area (Å²) in [6.45, 7) is 0.669. The second-order valence-electron chi connectivity index (χ2n) is 6.96. The predicted molar refractivity (Wildman–Crippen MR) is 118 cm³/mol. The Bertz CT molecular complexity index is 1170. The van der Waals surface area contributed by atoms with E-state index in [1.165, 1.54) is 12.1 Å². The molecule has 3 aromatic rings. The number of nitrogens with zero attached hydrogens (tertiary/aromatic N) is 2. The van der Waals surface area contributed by atoms with Crippen LogP contribution in [0.3, 0.4) is 0 Å². The first kappa shape index (κ1) is 19.8. The molecule has 0 spiro atoms. The van der Waals surface area contributed by atoms with Crippen LogP contribution in [0.5, 0.6) is 0 Å². The zero-order valence-corrected chi connectivity index (χ0v) is 17.0. The van der Waals surface area contributed by atoms with E-state index in [4.69, 9.17) is 0 Å². The van der Waals surface area contributed by atoms with Crippen LogP contribution < -0.4 is 9.62 Å². The van der Waals surface area contributed by atoms with Crippen LogP contribution in [0, 0.1) is 0 Å². The SMILES string of the molecule is O=C1CCCN1c1ccc(S(=O)(=O)Nc2cccc(C=Cc3ccccn3)c2)cc1. The van der Waals surface area contributed by atoms with Gasteiger partial charge >= 0.3 is 0 Å². The lowest BCUT2D eigenvalue weighted by Gasteiger charge is -2.16. The molecule has 2 heterocycles. The number of pyridine rings is 1. The van der Waals surface area contributed by atoms with Gasteiger partial charge in [0.15, 0.2) is 0 Å². The maximum absolute atomic E-state index is 12.8. The number of carbonyl (C=O) groups excluding carboxylic acids is 1. The van der Waals surface area contributed by atoms with E-state index in [2.05, 4.69) is 9.71 Å². The van der Waals surface area contributed by atoms with Crippen LogP contribution in [0.1, 0.15) is 24.1 Å². The van der Waals surface area contributed by atoms with Crippen LogP contribution in [-0.4, -0.2) is 25.9 Å². The topological polar surface area (TPSA) is 79.4 Å². The van der Waals surface area contributed by atoms with Crippen molar-refractivity contribution in [2.75, 3.05) is 16.2 Å². The Kier molecular flexibility index (Phi) is 5.63. The molecule has 1 aromatic heterocycles. The quantitative estimate of drug-likeness (QED) is 0.650. The fourth-order valence-corrected chi connectivity index (χ4v) is 4.35. The summed E-state index contributed by atoms with van der Waals surface area (Å²) in [7, 11) is -3.74. The molecular weight excluding hydrogens is 398 g/mol. The molecular formula is C23H21N3O3S. The summed E-state index contributed by atoms with van der Waals surface area (Å²) in [5.74, 6) is 0.0688. The van der Waals surface area contributed by atoms with E-state index in [1.54, 1.807) is 41.4 Å². The molecule has 1 aliphatic rings. The standard InChI is InChI=1S/C23H21N3O3S/c27-23-8-4-16-26(23)21-11-13-22(14-12-21)30(28,29)25-20-7-3-5-18(17-20)9-10-19-6-1-2-15-24-19/h1-3,5-7,9-15,17,25H,4,8,16H2. The fraction of sp³-hybridized carbons (Fsp3) is 0.130. The Morgan fingerprint density at radius 1 is 0.967 bits per heavy atom. The van der Waals surface area contributed by atoms with Gasteiger partial charge in [-0.2, -0.15) is 0 Å². The number of anilines is 2. The van der Waals surface area contributed by atoms with Crippen LogP contribution in [0.4, 0.5) is 11.4 Å². The summed E-state index contributed by atoms with van der Waals surface area (Å²) in [5.41, 5.74) is 2.86. The minimum absolute atomic E-state index is 0.0688. The number of rotatable bonds is 6. The molecule has 2 aromatic carbocycles. The molecule has 0 radical (unpaired) electrons. The molecule has 1 amide bonds. The highest BCUT2D eigenvalue weighted by Gasteiger charge is 2.22. The van der Waals surface area contributed by atoms with Crippen molar-refractivity contribution in [3.05, 3.63) is 84.2 Å². The third-order valence-corrected chi connectivity index (χ3v) is 6.20. The predicted octanol–water partition coefficient (Wildman–Crippen LogP) is 4.18. The minimum Gasteiger partial charge on any atom is -0.312 e.